The normalized spacial score (nSPS) is 14.5. The first-order valence-electron chi connectivity index (χ1n) is 10.3. The SMILES string of the molecule is Cc1nc(CN2CCN(C(=O)c3cccc(NC(=O)CCn4ccnc4)c3)CC2)cs1. The van der Waals surface area contributed by atoms with Crippen molar-refractivity contribution in [2.75, 3.05) is 31.5 Å². The van der Waals surface area contributed by atoms with Crippen LogP contribution in [0, 0.1) is 6.92 Å². The summed E-state index contributed by atoms with van der Waals surface area (Å²) in [6, 6.07) is 7.16. The summed E-state index contributed by atoms with van der Waals surface area (Å²) in [5.41, 5.74) is 2.33. The molecule has 3 heterocycles. The molecule has 162 valence electrons. The van der Waals surface area contributed by atoms with E-state index in [0.29, 0.717) is 37.3 Å². The van der Waals surface area contributed by atoms with E-state index in [1.807, 2.05) is 22.6 Å². The monoisotopic (exact) mass is 438 g/mol. The van der Waals surface area contributed by atoms with Gasteiger partial charge in [0.25, 0.3) is 5.91 Å². The highest BCUT2D eigenvalue weighted by molar-refractivity contribution is 7.09. The van der Waals surface area contributed by atoms with Crippen LogP contribution < -0.4 is 5.32 Å². The molecule has 1 aromatic carbocycles. The molecule has 1 N–H and O–H groups in total. The molecule has 0 saturated carbocycles. The van der Waals surface area contributed by atoms with Crippen molar-refractivity contribution in [3.63, 3.8) is 0 Å². The molecule has 2 amide bonds. The van der Waals surface area contributed by atoms with E-state index in [1.165, 1.54) is 0 Å². The molecule has 8 nitrogen and oxygen atoms in total. The fourth-order valence-corrected chi connectivity index (χ4v) is 4.21. The Morgan fingerprint density at radius 1 is 1.19 bits per heavy atom. The molecular weight excluding hydrogens is 412 g/mol. The average molecular weight is 439 g/mol. The lowest BCUT2D eigenvalue weighted by Crippen LogP contribution is -2.48. The van der Waals surface area contributed by atoms with Crippen molar-refractivity contribution in [1.82, 2.24) is 24.3 Å². The zero-order valence-electron chi connectivity index (χ0n) is 17.5. The summed E-state index contributed by atoms with van der Waals surface area (Å²) in [5.74, 6) is -0.0946. The number of rotatable bonds is 7. The van der Waals surface area contributed by atoms with Crippen LogP contribution in [0.15, 0.2) is 48.4 Å². The maximum Gasteiger partial charge on any atom is 0.254 e. The van der Waals surface area contributed by atoms with Crippen LogP contribution in [-0.2, 0) is 17.9 Å². The smallest absolute Gasteiger partial charge is 0.254 e. The number of nitrogens with zero attached hydrogens (tertiary/aromatic N) is 5. The number of anilines is 1. The Morgan fingerprint density at radius 2 is 2.03 bits per heavy atom. The first-order valence-corrected chi connectivity index (χ1v) is 11.2. The summed E-state index contributed by atoms with van der Waals surface area (Å²) >= 11 is 1.67. The van der Waals surface area contributed by atoms with Gasteiger partial charge >= 0.3 is 0 Å². The first-order chi connectivity index (χ1) is 15.1. The molecule has 0 bridgehead atoms. The summed E-state index contributed by atoms with van der Waals surface area (Å²) in [6.07, 6.45) is 5.54. The second-order valence-corrected chi connectivity index (χ2v) is 8.67. The Kier molecular flexibility index (Phi) is 6.73. The minimum absolute atomic E-state index is 0.00123. The molecule has 4 rings (SSSR count). The van der Waals surface area contributed by atoms with Crippen molar-refractivity contribution < 1.29 is 9.59 Å². The Morgan fingerprint density at radius 3 is 2.74 bits per heavy atom. The average Bonchev–Trinajstić information content (AvgIpc) is 3.44. The van der Waals surface area contributed by atoms with Gasteiger partial charge in [0.1, 0.15) is 0 Å². The van der Waals surface area contributed by atoms with Gasteiger partial charge < -0.3 is 14.8 Å². The van der Waals surface area contributed by atoms with E-state index in [1.54, 1.807) is 48.1 Å². The van der Waals surface area contributed by atoms with E-state index in [2.05, 4.69) is 25.6 Å². The minimum Gasteiger partial charge on any atom is -0.337 e. The lowest BCUT2D eigenvalue weighted by molar-refractivity contribution is -0.116. The number of thiazole rings is 1. The number of aryl methyl sites for hydroxylation is 2. The lowest BCUT2D eigenvalue weighted by atomic mass is 10.1. The second-order valence-electron chi connectivity index (χ2n) is 7.61. The number of hydrogen-bond donors (Lipinski definition) is 1. The summed E-state index contributed by atoms with van der Waals surface area (Å²) < 4.78 is 1.86. The number of imidazole rings is 1. The maximum absolute atomic E-state index is 13.0. The molecule has 1 fully saturated rings. The quantitative estimate of drug-likeness (QED) is 0.613. The predicted octanol–water partition coefficient (Wildman–Crippen LogP) is 2.63. The number of piperazine rings is 1. The van der Waals surface area contributed by atoms with Crippen molar-refractivity contribution in [2.24, 2.45) is 0 Å². The van der Waals surface area contributed by atoms with Gasteiger partial charge in [-0.1, -0.05) is 6.07 Å². The van der Waals surface area contributed by atoms with E-state index >= 15 is 0 Å². The van der Waals surface area contributed by atoms with Crippen LogP contribution in [0.2, 0.25) is 0 Å². The summed E-state index contributed by atoms with van der Waals surface area (Å²) in [5, 5.41) is 6.06. The molecule has 0 atom stereocenters. The van der Waals surface area contributed by atoms with E-state index in [0.717, 1.165) is 30.3 Å². The van der Waals surface area contributed by atoms with Crippen LogP contribution in [-0.4, -0.2) is 62.3 Å². The van der Waals surface area contributed by atoms with E-state index in [-0.39, 0.29) is 11.8 Å². The van der Waals surface area contributed by atoms with E-state index in [9.17, 15) is 9.59 Å². The third-order valence-electron chi connectivity index (χ3n) is 5.26. The molecule has 1 saturated heterocycles. The van der Waals surface area contributed by atoms with Gasteiger partial charge in [0.2, 0.25) is 5.91 Å². The van der Waals surface area contributed by atoms with Gasteiger partial charge in [0.15, 0.2) is 0 Å². The molecule has 31 heavy (non-hydrogen) atoms. The number of amides is 2. The fourth-order valence-electron chi connectivity index (χ4n) is 3.60. The third-order valence-corrected chi connectivity index (χ3v) is 6.08. The van der Waals surface area contributed by atoms with Gasteiger partial charge in [0, 0.05) is 74.7 Å². The van der Waals surface area contributed by atoms with Crippen molar-refractivity contribution in [2.45, 2.75) is 26.4 Å². The van der Waals surface area contributed by atoms with Crippen LogP contribution in [0.25, 0.3) is 0 Å². The van der Waals surface area contributed by atoms with Crippen molar-refractivity contribution in [3.05, 3.63) is 64.6 Å². The molecule has 1 aliphatic rings. The maximum atomic E-state index is 13.0. The van der Waals surface area contributed by atoms with Gasteiger partial charge in [-0.05, 0) is 25.1 Å². The molecule has 0 spiro atoms. The van der Waals surface area contributed by atoms with Gasteiger partial charge in [-0.2, -0.15) is 0 Å². The van der Waals surface area contributed by atoms with Gasteiger partial charge in [-0.3, -0.25) is 14.5 Å². The minimum atomic E-state index is -0.0933. The molecule has 2 aromatic heterocycles. The Bertz CT molecular complexity index is 1020. The second kappa shape index (κ2) is 9.84. The van der Waals surface area contributed by atoms with Crippen molar-refractivity contribution in [3.8, 4) is 0 Å². The van der Waals surface area contributed by atoms with Crippen LogP contribution in [0.3, 0.4) is 0 Å². The molecule has 3 aromatic rings. The third kappa shape index (κ3) is 5.77. The van der Waals surface area contributed by atoms with Gasteiger partial charge in [0.05, 0.1) is 17.0 Å². The summed E-state index contributed by atoms with van der Waals surface area (Å²) in [6.45, 7) is 6.43. The molecule has 0 aliphatic carbocycles. The molecular formula is C22H26N6O2S. The largest absolute Gasteiger partial charge is 0.337 e. The molecule has 1 aliphatic heterocycles. The zero-order valence-corrected chi connectivity index (χ0v) is 18.3. The Balaban J connectivity index is 1.28. The number of hydrogen-bond acceptors (Lipinski definition) is 6. The summed E-state index contributed by atoms with van der Waals surface area (Å²) in [7, 11) is 0. The highest BCUT2D eigenvalue weighted by Gasteiger charge is 2.23. The molecule has 0 unspecified atom stereocenters. The molecule has 9 heteroatoms. The lowest BCUT2D eigenvalue weighted by Gasteiger charge is -2.34. The van der Waals surface area contributed by atoms with E-state index in [4.69, 9.17) is 0 Å². The van der Waals surface area contributed by atoms with Gasteiger partial charge in [-0.25, -0.2) is 9.97 Å². The number of nitrogens with one attached hydrogen (secondary N) is 1. The first kappa shape index (κ1) is 21.2. The number of carbonyl (C=O) groups excluding carboxylic acids is 2. The number of benzene rings is 1. The summed E-state index contributed by atoms with van der Waals surface area (Å²) in [4.78, 5) is 37.9. The Labute approximate surface area is 185 Å². The van der Waals surface area contributed by atoms with Crippen LogP contribution >= 0.6 is 11.3 Å². The van der Waals surface area contributed by atoms with Crippen LogP contribution in [0.5, 0.6) is 0 Å². The molecule has 0 radical (unpaired) electrons. The van der Waals surface area contributed by atoms with Crippen LogP contribution in [0.4, 0.5) is 5.69 Å². The van der Waals surface area contributed by atoms with Crippen LogP contribution in [0.1, 0.15) is 27.5 Å². The van der Waals surface area contributed by atoms with E-state index < -0.39 is 0 Å². The van der Waals surface area contributed by atoms with Crippen molar-refractivity contribution >= 4 is 28.8 Å². The van der Waals surface area contributed by atoms with Crippen molar-refractivity contribution in [1.29, 1.82) is 0 Å². The topological polar surface area (TPSA) is 83.4 Å². The highest BCUT2D eigenvalue weighted by atomic mass is 32.1. The predicted molar refractivity (Wildman–Crippen MR) is 120 cm³/mol. The zero-order chi connectivity index (χ0) is 21.6. The standard InChI is InChI=1S/C22H26N6O2S/c1-17-24-20(15-31-17)14-26-9-11-28(12-10-26)22(30)18-3-2-4-19(13-18)25-21(29)5-7-27-8-6-23-16-27/h2-4,6,8,13,15-16H,5,7,9-12,14H2,1H3,(H,25,29). The number of carbonyl (C=O) groups is 2. The fraction of sp³-hybridized carbons (Fsp3) is 0.364. The Hall–Kier alpha value is -3.04. The number of aromatic nitrogens is 3. The highest BCUT2D eigenvalue weighted by Crippen LogP contribution is 2.16. The van der Waals surface area contributed by atoms with Gasteiger partial charge in [-0.15, -0.1) is 11.3 Å².